The monoisotopic (exact) mass is 369 g/mol. The van der Waals surface area contributed by atoms with Crippen LogP contribution in [0.1, 0.15) is 58.8 Å². The molecule has 1 aromatic rings. The van der Waals surface area contributed by atoms with Gasteiger partial charge in [0.2, 0.25) is 0 Å². The zero-order chi connectivity index (χ0) is 19.1. The Bertz CT molecular complexity index is 696. The van der Waals surface area contributed by atoms with Crippen LogP contribution in [0.15, 0.2) is 24.8 Å². The third-order valence-electron chi connectivity index (χ3n) is 8.68. The summed E-state index contributed by atoms with van der Waals surface area (Å²) in [6, 6.07) is 0. The molecule has 0 saturated heterocycles. The van der Waals surface area contributed by atoms with Crippen molar-refractivity contribution in [2.45, 2.75) is 58.8 Å². The first-order chi connectivity index (χ1) is 13.0. The Hall–Kier alpha value is -1.42. The second-order valence-corrected chi connectivity index (χ2v) is 9.66. The van der Waals surface area contributed by atoms with Gasteiger partial charge in [-0.15, -0.1) is 0 Å². The number of aromatic nitrogens is 2. The molecule has 4 heteroatoms. The molecular formula is C23H35N3O. The molecule has 2 saturated carbocycles. The highest BCUT2D eigenvalue weighted by Gasteiger charge is 2.57. The van der Waals surface area contributed by atoms with Gasteiger partial charge in [-0.2, -0.15) is 0 Å². The van der Waals surface area contributed by atoms with Gasteiger partial charge in [0.25, 0.3) is 0 Å². The largest absolute Gasteiger partial charge is 0.320 e. The lowest BCUT2D eigenvalue weighted by Gasteiger charge is -2.59. The highest BCUT2D eigenvalue weighted by atomic mass is 16.1. The number of rotatable bonds is 6. The summed E-state index contributed by atoms with van der Waals surface area (Å²) >= 11 is 0. The number of nitrogens with zero attached hydrogens (tertiary/aromatic N) is 2. The van der Waals surface area contributed by atoms with Crippen molar-refractivity contribution >= 4 is 12.0 Å². The van der Waals surface area contributed by atoms with Crippen molar-refractivity contribution in [2.24, 2.45) is 34.5 Å². The van der Waals surface area contributed by atoms with E-state index in [0.29, 0.717) is 5.92 Å². The number of hydrogen-bond donors (Lipinski definition) is 1. The Labute approximate surface area is 163 Å². The topological polar surface area (TPSA) is 46.9 Å². The number of nitrogens with one attached hydrogen (secondary N) is 1. The molecule has 1 heterocycles. The minimum Gasteiger partial charge on any atom is -0.320 e. The van der Waals surface area contributed by atoms with Crippen LogP contribution in [0.3, 0.4) is 0 Å². The smallest absolute Gasteiger partial charge is 0.120 e. The Kier molecular flexibility index (Phi) is 5.04. The number of aldehydes is 1. The molecule has 148 valence electrons. The number of imidazole rings is 1. The van der Waals surface area contributed by atoms with E-state index in [1.54, 1.807) is 0 Å². The fourth-order valence-electron chi connectivity index (χ4n) is 7.17. The molecule has 0 bridgehead atoms. The quantitative estimate of drug-likeness (QED) is 0.757. The fraction of sp³-hybridized carbons (Fsp3) is 0.739. The summed E-state index contributed by atoms with van der Waals surface area (Å²) in [5, 5.41) is 3.37. The van der Waals surface area contributed by atoms with E-state index < -0.39 is 0 Å². The first-order valence-electron chi connectivity index (χ1n) is 10.8. The molecule has 1 aromatic heterocycles. The van der Waals surface area contributed by atoms with Crippen molar-refractivity contribution in [2.75, 3.05) is 13.6 Å². The van der Waals surface area contributed by atoms with E-state index in [2.05, 4.69) is 48.0 Å². The SMILES string of the molecule is CNCCC1(C)C(CC=O)CCC2C3CC=C(n4ccnc4)C3(C)CCC21. The highest BCUT2D eigenvalue weighted by molar-refractivity contribution is 5.56. The van der Waals surface area contributed by atoms with Gasteiger partial charge in [0, 0.05) is 29.9 Å². The lowest BCUT2D eigenvalue weighted by atomic mass is 9.46. The lowest BCUT2D eigenvalue weighted by molar-refractivity contribution is -0.115. The van der Waals surface area contributed by atoms with Gasteiger partial charge in [0.15, 0.2) is 0 Å². The summed E-state index contributed by atoms with van der Waals surface area (Å²) in [5.41, 5.74) is 2.02. The van der Waals surface area contributed by atoms with Crippen LogP contribution in [0.4, 0.5) is 0 Å². The van der Waals surface area contributed by atoms with Gasteiger partial charge in [-0.3, -0.25) is 0 Å². The molecule has 4 nitrogen and oxygen atoms in total. The average Bonchev–Trinajstić information content (AvgIpc) is 3.29. The molecule has 1 N–H and O–H groups in total. The van der Waals surface area contributed by atoms with Crippen LogP contribution in [0, 0.1) is 34.5 Å². The molecule has 0 aromatic carbocycles. The number of carbonyl (C=O) groups is 1. The molecule has 0 amide bonds. The standard InChI is InChI=1S/C23H35N3O/c1-22(11-12-24-3)17(9-15-27)4-5-18-19-6-7-21(26-14-13-25-16-26)23(19,2)10-8-20(18)22/h7,13-20,24H,4-6,8-12H2,1-3H3. The molecule has 4 rings (SSSR count). The number of hydrogen-bond acceptors (Lipinski definition) is 3. The van der Waals surface area contributed by atoms with Gasteiger partial charge in [0.1, 0.15) is 6.29 Å². The van der Waals surface area contributed by atoms with Crippen LogP contribution in [-0.4, -0.2) is 29.4 Å². The molecule has 2 fully saturated rings. The summed E-state index contributed by atoms with van der Waals surface area (Å²) in [6.07, 6.45) is 17.8. The average molecular weight is 370 g/mol. The number of allylic oxidation sites excluding steroid dienone is 2. The molecule has 0 radical (unpaired) electrons. The van der Waals surface area contributed by atoms with Crippen LogP contribution in [0.5, 0.6) is 0 Å². The van der Waals surface area contributed by atoms with Gasteiger partial charge in [-0.05, 0) is 81.2 Å². The maximum absolute atomic E-state index is 11.4. The molecular weight excluding hydrogens is 334 g/mol. The van der Waals surface area contributed by atoms with E-state index >= 15 is 0 Å². The summed E-state index contributed by atoms with van der Waals surface area (Å²) in [4.78, 5) is 15.7. The fourth-order valence-corrected chi connectivity index (χ4v) is 7.17. The van der Waals surface area contributed by atoms with Crippen molar-refractivity contribution in [3.05, 3.63) is 24.8 Å². The molecule has 0 aliphatic heterocycles. The summed E-state index contributed by atoms with van der Waals surface area (Å²) < 4.78 is 2.25. The van der Waals surface area contributed by atoms with Gasteiger partial charge < -0.3 is 14.7 Å². The zero-order valence-electron chi connectivity index (χ0n) is 17.2. The molecule has 6 atom stereocenters. The number of fused-ring (bicyclic) bond motifs is 3. The van der Waals surface area contributed by atoms with E-state index in [1.165, 1.54) is 50.5 Å². The van der Waals surface area contributed by atoms with Crippen LogP contribution in [-0.2, 0) is 4.79 Å². The summed E-state index contributed by atoms with van der Waals surface area (Å²) in [5.74, 6) is 2.82. The third-order valence-corrected chi connectivity index (χ3v) is 8.68. The second kappa shape index (κ2) is 7.20. The van der Waals surface area contributed by atoms with Crippen molar-refractivity contribution in [3.63, 3.8) is 0 Å². The zero-order valence-corrected chi connectivity index (χ0v) is 17.2. The highest BCUT2D eigenvalue weighted by Crippen LogP contribution is 2.65. The first kappa shape index (κ1) is 18.9. The number of carbonyl (C=O) groups excluding carboxylic acids is 1. The minimum absolute atomic E-state index is 0.267. The van der Waals surface area contributed by atoms with E-state index in [1.807, 2.05) is 12.5 Å². The van der Waals surface area contributed by atoms with Crippen molar-refractivity contribution in [3.8, 4) is 0 Å². The van der Waals surface area contributed by atoms with Crippen LogP contribution < -0.4 is 5.32 Å². The molecule has 6 unspecified atom stereocenters. The van der Waals surface area contributed by atoms with E-state index in [4.69, 9.17) is 0 Å². The van der Waals surface area contributed by atoms with E-state index in [9.17, 15) is 4.79 Å². The van der Waals surface area contributed by atoms with Gasteiger partial charge in [-0.25, -0.2) is 4.98 Å². The Morgan fingerprint density at radius 2 is 2.15 bits per heavy atom. The first-order valence-corrected chi connectivity index (χ1v) is 10.8. The molecule has 27 heavy (non-hydrogen) atoms. The lowest BCUT2D eigenvalue weighted by Crippen LogP contribution is -2.52. The van der Waals surface area contributed by atoms with Gasteiger partial charge in [-0.1, -0.05) is 19.9 Å². The van der Waals surface area contributed by atoms with Crippen LogP contribution in [0.2, 0.25) is 0 Å². The molecule has 0 spiro atoms. The normalized spacial score (nSPS) is 40.9. The minimum atomic E-state index is 0.267. The Balaban J connectivity index is 1.62. The van der Waals surface area contributed by atoms with Gasteiger partial charge in [0.05, 0.1) is 6.33 Å². The van der Waals surface area contributed by atoms with Crippen molar-refractivity contribution in [1.29, 1.82) is 0 Å². The Morgan fingerprint density at radius 3 is 2.85 bits per heavy atom. The Morgan fingerprint density at radius 1 is 1.30 bits per heavy atom. The van der Waals surface area contributed by atoms with E-state index in [-0.39, 0.29) is 10.8 Å². The predicted octanol–water partition coefficient (Wildman–Crippen LogP) is 4.39. The van der Waals surface area contributed by atoms with Crippen LogP contribution in [0.25, 0.3) is 5.70 Å². The predicted molar refractivity (Wildman–Crippen MR) is 109 cm³/mol. The second-order valence-electron chi connectivity index (χ2n) is 9.66. The van der Waals surface area contributed by atoms with Crippen LogP contribution >= 0.6 is 0 Å². The van der Waals surface area contributed by atoms with Gasteiger partial charge >= 0.3 is 0 Å². The molecule has 3 aliphatic rings. The van der Waals surface area contributed by atoms with Crippen molar-refractivity contribution in [1.82, 2.24) is 14.9 Å². The maximum Gasteiger partial charge on any atom is 0.120 e. The summed E-state index contributed by atoms with van der Waals surface area (Å²) in [7, 11) is 2.05. The van der Waals surface area contributed by atoms with E-state index in [0.717, 1.165) is 30.7 Å². The third kappa shape index (κ3) is 2.91. The summed E-state index contributed by atoms with van der Waals surface area (Å²) in [6.45, 7) is 6.04. The molecule has 3 aliphatic carbocycles. The van der Waals surface area contributed by atoms with Crippen molar-refractivity contribution < 1.29 is 4.79 Å². The maximum atomic E-state index is 11.4.